The van der Waals surface area contributed by atoms with Crippen molar-refractivity contribution in [3.8, 4) is 0 Å². The van der Waals surface area contributed by atoms with Crippen molar-refractivity contribution in [1.29, 1.82) is 0 Å². The molecular formula is C15H16N2O. The first-order valence-corrected chi connectivity index (χ1v) is 6.29. The highest BCUT2D eigenvalue weighted by Crippen LogP contribution is 2.29. The van der Waals surface area contributed by atoms with E-state index in [9.17, 15) is 4.79 Å². The van der Waals surface area contributed by atoms with E-state index in [-0.39, 0.29) is 11.2 Å². The molecule has 0 saturated carbocycles. The van der Waals surface area contributed by atoms with E-state index in [1.165, 1.54) is 0 Å². The Bertz CT molecular complexity index is 600. The number of fused-ring (bicyclic) bond motifs is 1. The summed E-state index contributed by atoms with van der Waals surface area (Å²) < 4.78 is 0. The number of hydrogen-bond acceptors (Lipinski definition) is 3. The molecule has 1 N–H and O–H groups in total. The van der Waals surface area contributed by atoms with Crippen molar-refractivity contribution < 1.29 is 4.79 Å². The Kier molecular flexibility index (Phi) is 2.63. The second-order valence-corrected chi connectivity index (χ2v) is 5.23. The second-order valence-electron chi connectivity index (χ2n) is 5.23. The van der Waals surface area contributed by atoms with Crippen molar-refractivity contribution in [2.24, 2.45) is 5.41 Å². The van der Waals surface area contributed by atoms with E-state index in [1.54, 1.807) is 6.20 Å². The summed E-state index contributed by atoms with van der Waals surface area (Å²) in [5.74, 6) is 0.200. The van der Waals surface area contributed by atoms with Crippen molar-refractivity contribution in [3.63, 3.8) is 0 Å². The molecule has 1 aliphatic rings. The highest BCUT2D eigenvalue weighted by Gasteiger charge is 2.36. The molecule has 0 aliphatic carbocycles. The van der Waals surface area contributed by atoms with Crippen LogP contribution in [0.25, 0.3) is 10.9 Å². The molecule has 3 heteroatoms. The summed E-state index contributed by atoms with van der Waals surface area (Å²) in [7, 11) is 0. The summed E-state index contributed by atoms with van der Waals surface area (Å²) >= 11 is 0. The van der Waals surface area contributed by atoms with Crippen LogP contribution in [-0.4, -0.2) is 23.9 Å². The predicted molar refractivity (Wildman–Crippen MR) is 71.7 cm³/mol. The van der Waals surface area contributed by atoms with Gasteiger partial charge in [-0.1, -0.05) is 25.1 Å². The molecule has 18 heavy (non-hydrogen) atoms. The number of carbonyl (C=O) groups excluding carboxylic acids is 1. The predicted octanol–water partition coefficient (Wildman–Crippen LogP) is 2.42. The Morgan fingerprint density at radius 1 is 1.39 bits per heavy atom. The molecule has 92 valence electrons. The van der Waals surface area contributed by atoms with Crippen LogP contribution in [0.4, 0.5) is 0 Å². The number of benzene rings is 1. The van der Waals surface area contributed by atoms with E-state index in [1.807, 2.05) is 37.3 Å². The normalized spacial score (nSPS) is 23.4. The van der Waals surface area contributed by atoms with Gasteiger partial charge in [-0.3, -0.25) is 9.78 Å². The van der Waals surface area contributed by atoms with Gasteiger partial charge in [0.25, 0.3) is 0 Å². The van der Waals surface area contributed by atoms with Crippen LogP contribution in [0.1, 0.15) is 23.7 Å². The van der Waals surface area contributed by atoms with Gasteiger partial charge in [0, 0.05) is 29.1 Å². The topological polar surface area (TPSA) is 42.0 Å². The Balaban J connectivity index is 2.01. The highest BCUT2D eigenvalue weighted by molar-refractivity contribution is 6.02. The molecule has 0 spiro atoms. The van der Waals surface area contributed by atoms with E-state index < -0.39 is 0 Å². The fourth-order valence-electron chi connectivity index (χ4n) is 2.55. The molecule has 2 aromatic rings. The fourth-order valence-corrected chi connectivity index (χ4v) is 2.55. The smallest absolute Gasteiger partial charge is 0.171 e. The molecule has 1 aromatic carbocycles. The summed E-state index contributed by atoms with van der Waals surface area (Å²) in [6, 6.07) is 9.83. The van der Waals surface area contributed by atoms with Crippen LogP contribution in [0.5, 0.6) is 0 Å². The van der Waals surface area contributed by atoms with Crippen LogP contribution in [0, 0.1) is 5.41 Å². The average Bonchev–Trinajstić information content (AvgIpc) is 2.85. The fraction of sp³-hybridized carbons (Fsp3) is 0.333. The second kappa shape index (κ2) is 4.18. The maximum absolute atomic E-state index is 12.5. The summed E-state index contributed by atoms with van der Waals surface area (Å²) in [4.78, 5) is 16.9. The molecule has 0 amide bonds. The van der Waals surface area contributed by atoms with Crippen LogP contribution in [0.3, 0.4) is 0 Å². The lowest BCUT2D eigenvalue weighted by Gasteiger charge is -2.20. The number of para-hydroxylation sites is 1. The van der Waals surface area contributed by atoms with Crippen LogP contribution in [0.15, 0.2) is 36.5 Å². The number of hydrogen-bond donors (Lipinski definition) is 1. The van der Waals surface area contributed by atoms with Gasteiger partial charge >= 0.3 is 0 Å². The summed E-state index contributed by atoms with van der Waals surface area (Å²) in [6.07, 6.45) is 2.60. The zero-order valence-electron chi connectivity index (χ0n) is 10.4. The van der Waals surface area contributed by atoms with E-state index in [0.717, 1.165) is 36.0 Å². The van der Waals surface area contributed by atoms with Crippen molar-refractivity contribution in [2.45, 2.75) is 13.3 Å². The number of Topliss-reactive ketones (excluding diaryl/α,β-unsaturated/α-hetero) is 1. The average molecular weight is 240 g/mol. The van der Waals surface area contributed by atoms with Gasteiger partial charge in [0.15, 0.2) is 5.78 Å². The molecule has 3 rings (SSSR count). The quantitative estimate of drug-likeness (QED) is 0.820. The SMILES string of the molecule is CC1(C(=O)c2cnc3ccccc3c2)CCNC1. The van der Waals surface area contributed by atoms with E-state index in [4.69, 9.17) is 0 Å². The molecule has 2 heterocycles. The molecule has 1 atom stereocenters. The minimum Gasteiger partial charge on any atom is -0.316 e. The third kappa shape index (κ3) is 1.81. The minimum atomic E-state index is -0.274. The summed E-state index contributed by atoms with van der Waals surface area (Å²) in [5, 5.41) is 4.29. The largest absolute Gasteiger partial charge is 0.316 e. The van der Waals surface area contributed by atoms with Gasteiger partial charge in [0.2, 0.25) is 0 Å². The van der Waals surface area contributed by atoms with Crippen LogP contribution in [-0.2, 0) is 0 Å². The van der Waals surface area contributed by atoms with Gasteiger partial charge in [-0.05, 0) is 25.1 Å². The number of nitrogens with zero attached hydrogens (tertiary/aromatic N) is 1. The van der Waals surface area contributed by atoms with Crippen molar-refractivity contribution >= 4 is 16.7 Å². The monoisotopic (exact) mass is 240 g/mol. The van der Waals surface area contributed by atoms with E-state index in [0.29, 0.717) is 0 Å². The van der Waals surface area contributed by atoms with Crippen LogP contribution < -0.4 is 5.32 Å². The lowest BCUT2D eigenvalue weighted by atomic mass is 9.82. The first-order chi connectivity index (χ1) is 8.69. The number of carbonyl (C=O) groups is 1. The first-order valence-electron chi connectivity index (χ1n) is 6.29. The lowest BCUT2D eigenvalue weighted by molar-refractivity contribution is 0.0839. The minimum absolute atomic E-state index is 0.200. The molecule has 1 aliphatic heterocycles. The van der Waals surface area contributed by atoms with E-state index >= 15 is 0 Å². The number of rotatable bonds is 2. The highest BCUT2D eigenvalue weighted by atomic mass is 16.1. The lowest BCUT2D eigenvalue weighted by Crippen LogP contribution is -2.30. The Hall–Kier alpha value is -1.74. The zero-order chi connectivity index (χ0) is 12.6. The van der Waals surface area contributed by atoms with E-state index in [2.05, 4.69) is 10.3 Å². The van der Waals surface area contributed by atoms with Gasteiger partial charge in [0.1, 0.15) is 0 Å². The number of ketones is 1. The van der Waals surface area contributed by atoms with Gasteiger partial charge in [-0.2, -0.15) is 0 Å². The third-order valence-corrected chi connectivity index (χ3v) is 3.77. The number of pyridine rings is 1. The molecule has 1 aromatic heterocycles. The first kappa shape index (κ1) is 11.4. The zero-order valence-corrected chi connectivity index (χ0v) is 10.4. The Morgan fingerprint density at radius 2 is 2.22 bits per heavy atom. The van der Waals surface area contributed by atoms with Gasteiger partial charge in [0.05, 0.1) is 5.52 Å². The number of aromatic nitrogens is 1. The standard InChI is InChI=1S/C15H16N2O/c1-15(6-7-16-10-15)14(18)12-8-11-4-2-3-5-13(11)17-9-12/h2-5,8-9,16H,6-7,10H2,1H3. The van der Waals surface area contributed by atoms with Crippen molar-refractivity contribution in [2.75, 3.05) is 13.1 Å². The van der Waals surface area contributed by atoms with Gasteiger partial charge in [-0.15, -0.1) is 0 Å². The van der Waals surface area contributed by atoms with Crippen LogP contribution in [0.2, 0.25) is 0 Å². The molecular weight excluding hydrogens is 224 g/mol. The molecule has 1 unspecified atom stereocenters. The van der Waals surface area contributed by atoms with Crippen molar-refractivity contribution in [1.82, 2.24) is 10.3 Å². The summed E-state index contributed by atoms with van der Waals surface area (Å²) in [6.45, 7) is 3.71. The maximum atomic E-state index is 12.5. The van der Waals surface area contributed by atoms with Gasteiger partial charge in [-0.25, -0.2) is 0 Å². The molecule has 0 radical (unpaired) electrons. The maximum Gasteiger partial charge on any atom is 0.171 e. The Labute approximate surface area is 106 Å². The molecule has 3 nitrogen and oxygen atoms in total. The van der Waals surface area contributed by atoms with Crippen molar-refractivity contribution in [3.05, 3.63) is 42.1 Å². The summed E-state index contributed by atoms with van der Waals surface area (Å²) in [5.41, 5.74) is 1.38. The molecule has 1 fully saturated rings. The van der Waals surface area contributed by atoms with Gasteiger partial charge < -0.3 is 5.32 Å². The molecule has 1 saturated heterocycles. The Morgan fingerprint density at radius 3 is 3.00 bits per heavy atom. The third-order valence-electron chi connectivity index (χ3n) is 3.77. The number of nitrogens with one attached hydrogen (secondary N) is 1. The van der Waals surface area contributed by atoms with Crippen LogP contribution >= 0.6 is 0 Å². The molecule has 0 bridgehead atoms.